The standard InChI is InChI=1S/C24H34N2O5/c1-16(2)7-6-8-17(3)25-23(27)15-30-24(28)13-20-9-11-21(12-10-20)29-14-22-18(4)26-31-19(22)5/h9-12,16-17H,6-8,13-15H2,1-5H3,(H,25,27). The van der Waals surface area contributed by atoms with Gasteiger partial charge in [0, 0.05) is 6.04 Å². The van der Waals surface area contributed by atoms with E-state index in [0.29, 0.717) is 18.3 Å². The summed E-state index contributed by atoms with van der Waals surface area (Å²) in [6.07, 6.45) is 3.22. The zero-order valence-corrected chi connectivity index (χ0v) is 19.2. The molecule has 0 bridgehead atoms. The monoisotopic (exact) mass is 430 g/mol. The van der Waals surface area contributed by atoms with Gasteiger partial charge in [-0.05, 0) is 50.8 Å². The third kappa shape index (κ3) is 8.82. The summed E-state index contributed by atoms with van der Waals surface area (Å²) in [6.45, 7) is 10.2. The van der Waals surface area contributed by atoms with Crippen LogP contribution in [-0.4, -0.2) is 29.7 Å². The highest BCUT2D eigenvalue weighted by Crippen LogP contribution is 2.18. The number of aromatic nitrogens is 1. The van der Waals surface area contributed by atoms with Crippen molar-refractivity contribution in [1.82, 2.24) is 10.5 Å². The van der Waals surface area contributed by atoms with Gasteiger partial charge in [0.25, 0.3) is 5.91 Å². The van der Waals surface area contributed by atoms with Gasteiger partial charge in [-0.1, -0.05) is 44.0 Å². The fourth-order valence-electron chi connectivity index (χ4n) is 3.15. The molecule has 0 saturated carbocycles. The lowest BCUT2D eigenvalue weighted by molar-refractivity contribution is -0.148. The Morgan fingerprint density at radius 2 is 1.81 bits per heavy atom. The third-order valence-electron chi connectivity index (χ3n) is 5.03. The quantitative estimate of drug-likeness (QED) is 0.505. The highest BCUT2D eigenvalue weighted by atomic mass is 16.5. The second kappa shape index (κ2) is 12.1. The van der Waals surface area contributed by atoms with Gasteiger partial charge >= 0.3 is 5.97 Å². The van der Waals surface area contributed by atoms with E-state index < -0.39 is 5.97 Å². The Labute approximate surface area is 184 Å². The number of esters is 1. The van der Waals surface area contributed by atoms with Gasteiger partial charge in [-0.3, -0.25) is 9.59 Å². The Hall–Kier alpha value is -2.83. The van der Waals surface area contributed by atoms with E-state index in [0.717, 1.165) is 41.8 Å². The SMILES string of the molecule is Cc1noc(C)c1COc1ccc(CC(=O)OCC(=O)NC(C)CCCC(C)C)cc1. The van der Waals surface area contributed by atoms with Crippen LogP contribution in [0.25, 0.3) is 0 Å². The molecule has 2 rings (SSSR count). The number of amides is 1. The fourth-order valence-corrected chi connectivity index (χ4v) is 3.15. The Morgan fingerprint density at radius 3 is 2.42 bits per heavy atom. The molecule has 1 N–H and O–H groups in total. The number of nitrogens with zero attached hydrogens (tertiary/aromatic N) is 1. The van der Waals surface area contributed by atoms with E-state index in [1.165, 1.54) is 0 Å². The maximum Gasteiger partial charge on any atom is 0.310 e. The molecule has 2 aromatic rings. The molecule has 1 amide bonds. The molecular weight excluding hydrogens is 396 g/mol. The van der Waals surface area contributed by atoms with Crippen LogP contribution in [0, 0.1) is 19.8 Å². The lowest BCUT2D eigenvalue weighted by atomic mass is 10.0. The molecule has 1 aromatic carbocycles. The smallest absolute Gasteiger partial charge is 0.310 e. The van der Waals surface area contributed by atoms with Crippen LogP contribution in [0.15, 0.2) is 28.8 Å². The van der Waals surface area contributed by atoms with Crippen LogP contribution < -0.4 is 10.1 Å². The van der Waals surface area contributed by atoms with E-state index in [-0.39, 0.29) is 25.0 Å². The average molecular weight is 431 g/mol. The minimum atomic E-state index is -0.438. The summed E-state index contributed by atoms with van der Waals surface area (Å²) in [5, 5.41) is 6.78. The van der Waals surface area contributed by atoms with Crippen LogP contribution in [0.5, 0.6) is 5.75 Å². The Balaban J connectivity index is 1.69. The maximum atomic E-state index is 12.0. The molecule has 0 fully saturated rings. The number of hydrogen-bond acceptors (Lipinski definition) is 6. The second-order valence-corrected chi connectivity index (χ2v) is 8.37. The van der Waals surface area contributed by atoms with Crippen molar-refractivity contribution < 1.29 is 23.6 Å². The van der Waals surface area contributed by atoms with Gasteiger partial charge in [0.15, 0.2) is 6.61 Å². The predicted octanol–water partition coefficient (Wildman–Crippen LogP) is 4.29. The molecule has 1 heterocycles. The number of benzene rings is 1. The summed E-state index contributed by atoms with van der Waals surface area (Å²) in [5.74, 6) is 1.38. The molecule has 31 heavy (non-hydrogen) atoms. The molecule has 1 unspecified atom stereocenters. The summed E-state index contributed by atoms with van der Waals surface area (Å²) < 4.78 is 16.0. The second-order valence-electron chi connectivity index (χ2n) is 8.37. The van der Waals surface area contributed by atoms with Crippen LogP contribution in [0.2, 0.25) is 0 Å². The van der Waals surface area contributed by atoms with Crippen molar-refractivity contribution in [3.8, 4) is 5.75 Å². The lowest BCUT2D eigenvalue weighted by Crippen LogP contribution is -2.36. The van der Waals surface area contributed by atoms with E-state index >= 15 is 0 Å². The van der Waals surface area contributed by atoms with Gasteiger partial charge in [-0.25, -0.2) is 0 Å². The molecule has 0 aliphatic rings. The fraction of sp³-hybridized carbons (Fsp3) is 0.542. The zero-order valence-electron chi connectivity index (χ0n) is 19.2. The molecule has 0 radical (unpaired) electrons. The molecule has 0 spiro atoms. The van der Waals surface area contributed by atoms with E-state index in [2.05, 4.69) is 24.3 Å². The molecule has 7 nitrogen and oxygen atoms in total. The number of aryl methyl sites for hydroxylation is 2. The Kier molecular flexibility index (Phi) is 9.56. The van der Waals surface area contributed by atoms with Crippen molar-refractivity contribution >= 4 is 11.9 Å². The maximum absolute atomic E-state index is 12.0. The molecular formula is C24H34N2O5. The Bertz CT molecular complexity index is 823. The number of hydrogen-bond donors (Lipinski definition) is 1. The van der Waals surface area contributed by atoms with E-state index in [4.69, 9.17) is 14.0 Å². The Morgan fingerprint density at radius 1 is 1.10 bits per heavy atom. The normalized spacial score (nSPS) is 11.9. The van der Waals surface area contributed by atoms with Gasteiger partial charge < -0.3 is 19.3 Å². The van der Waals surface area contributed by atoms with Gasteiger partial charge in [0.05, 0.1) is 17.7 Å². The van der Waals surface area contributed by atoms with Crippen molar-refractivity contribution in [3.63, 3.8) is 0 Å². The van der Waals surface area contributed by atoms with Crippen molar-refractivity contribution in [2.24, 2.45) is 5.92 Å². The van der Waals surface area contributed by atoms with Gasteiger partial charge in [0.2, 0.25) is 0 Å². The summed E-state index contributed by atoms with van der Waals surface area (Å²) >= 11 is 0. The predicted molar refractivity (Wildman–Crippen MR) is 118 cm³/mol. The topological polar surface area (TPSA) is 90.7 Å². The largest absolute Gasteiger partial charge is 0.489 e. The lowest BCUT2D eigenvalue weighted by Gasteiger charge is -2.14. The molecule has 0 aliphatic carbocycles. The summed E-state index contributed by atoms with van der Waals surface area (Å²) in [6, 6.07) is 7.28. The third-order valence-corrected chi connectivity index (χ3v) is 5.03. The van der Waals surface area contributed by atoms with Crippen molar-refractivity contribution in [2.75, 3.05) is 6.61 Å². The highest BCUT2D eigenvalue weighted by molar-refractivity contribution is 5.81. The van der Waals surface area contributed by atoms with Crippen molar-refractivity contribution in [2.45, 2.75) is 73.0 Å². The van der Waals surface area contributed by atoms with Gasteiger partial charge in [0.1, 0.15) is 18.1 Å². The molecule has 0 saturated heterocycles. The summed E-state index contributed by atoms with van der Waals surface area (Å²) in [4.78, 5) is 24.0. The molecule has 7 heteroatoms. The van der Waals surface area contributed by atoms with Crippen LogP contribution in [0.1, 0.15) is 62.6 Å². The van der Waals surface area contributed by atoms with Crippen molar-refractivity contribution in [1.29, 1.82) is 0 Å². The van der Waals surface area contributed by atoms with Crippen LogP contribution in [0.3, 0.4) is 0 Å². The first-order valence-corrected chi connectivity index (χ1v) is 10.8. The first kappa shape index (κ1) is 24.4. The number of carbonyl (C=O) groups excluding carboxylic acids is 2. The van der Waals surface area contributed by atoms with Gasteiger partial charge in [-0.2, -0.15) is 0 Å². The summed E-state index contributed by atoms with van der Waals surface area (Å²) in [5.41, 5.74) is 2.53. The highest BCUT2D eigenvalue weighted by Gasteiger charge is 2.12. The van der Waals surface area contributed by atoms with E-state index in [1.54, 1.807) is 24.3 Å². The molecule has 170 valence electrons. The minimum absolute atomic E-state index is 0.0721. The summed E-state index contributed by atoms with van der Waals surface area (Å²) in [7, 11) is 0. The number of ether oxygens (including phenoxy) is 2. The first-order valence-electron chi connectivity index (χ1n) is 10.8. The van der Waals surface area contributed by atoms with Crippen LogP contribution in [0.4, 0.5) is 0 Å². The zero-order chi connectivity index (χ0) is 22.8. The molecule has 0 aliphatic heterocycles. The molecule has 1 atom stereocenters. The number of rotatable bonds is 12. The number of carbonyl (C=O) groups is 2. The average Bonchev–Trinajstić information content (AvgIpc) is 3.03. The molecule has 1 aromatic heterocycles. The van der Waals surface area contributed by atoms with E-state index in [9.17, 15) is 9.59 Å². The van der Waals surface area contributed by atoms with E-state index in [1.807, 2.05) is 20.8 Å². The minimum Gasteiger partial charge on any atom is -0.489 e. The van der Waals surface area contributed by atoms with Gasteiger partial charge in [-0.15, -0.1) is 0 Å². The van der Waals surface area contributed by atoms with Crippen molar-refractivity contribution in [3.05, 3.63) is 46.8 Å². The first-order chi connectivity index (χ1) is 14.7. The number of nitrogens with one attached hydrogen (secondary N) is 1. The van der Waals surface area contributed by atoms with Crippen LogP contribution >= 0.6 is 0 Å². The van der Waals surface area contributed by atoms with Crippen LogP contribution in [-0.2, 0) is 27.4 Å².